The van der Waals surface area contributed by atoms with Gasteiger partial charge in [0.15, 0.2) is 0 Å². The Kier molecular flexibility index (Phi) is 4.69. The zero-order chi connectivity index (χ0) is 15.5. The Labute approximate surface area is 138 Å². The van der Waals surface area contributed by atoms with Gasteiger partial charge in [0.2, 0.25) is 0 Å². The summed E-state index contributed by atoms with van der Waals surface area (Å²) in [6.45, 7) is 4.19. The second kappa shape index (κ2) is 6.71. The van der Waals surface area contributed by atoms with Crippen molar-refractivity contribution in [2.24, 2.45) is 11.0 Å². The molecule has 4 nitrogen and oxygen atoms in total. The quantitative estimate of drug-likeness (QED) is 0.683. The summed E-state index contributed by atoms with van der Waals surface area (Å²) in [5, 5.41) is 6.90. The largest absolute Gasteiger partial charge is 0.281 e. The fraction of sp³-hybridized carbons (Fsp3) is 0.438. The van der Waals surface area contributed by atoms with E-state index in [1.165, 1.54) is 23.3 Å². The Bertz CT molecular complexity index is 702. The van der Waals surface area contributed by atoms with Gasteiger partial charge in [0.1, 0.15) is 0 Å². The van der Waals surface area contributed by atoms with E-state index in [2.05, 4.69) is 22.4 Å². The van der Waals surface area contributed by atoms with Crippen LogP contribution in [0.25, 0.3) is 0 Å². The summed E-state index contributed by atoms with van der Waals surface area (Å²) in [6.07, 6.45) is 6.26. The average molecular weight is 333 g/mol. The van der Waals surface area contributed by atoms with E-state index in [9.17, 15) is 4.79 Å². The first kappa shape index (κ1) is 15.4. The number of nitrogens with zero attached hydrogens (tertiary/aromatic N) is 2. The summed E-state index contributed by atoms with van der Waals surface area (Å²) in [4.78, 5) is 18.6. The van der Waals surface area contributed by atoms with Gasteiger partial charge in [0, 0.05) is 10.3 Å². The number of nitrogens with one attached hydrogen (secondary N) is 1. The number of rotatable bonds is 4. The summed E-state index contributed by atoms with van der Waals surface area (Å²) in [5.41, 5.74) is 4.73. The number of aromatic nitrogens is 1. The minimum Gasteiger partial charge on any atom is -0.266 e. The summed E-state index contributed by atoms with van der Waals surface area (Å²) in [6, 6.07) is 2.04. The molecule has 1 amide bonds. The molecule has 0 spiro atoms. The van der Waals surface area contributed by atoms with Crippen molar-refractivity contribution >= 4 is 34.8 Å². The molecule has 2 aromatic heterocycles. The molecule has 1 atom stereocenters. The van der Waals surface area contributed by atoms with Crippen LogP contribution in [-0.2, 0) is 12.8 Å². The van der Waals surface area contributed by atoms with Gasteiger partial charge in [0.05, 0.1) is 21.8 Å². The first-order valence-electron chi connectivity index (χ1n) is 7.52. The standard InChI is InChI=1S/C16H19N3OS2/c1-3-11-4-5-14-12(6-11)7-15(22-14)16(20)19-17-8-13-9-21-10(2)18-13/h7-9,11H,3-6H2,1-2H3,(H,19,20)/b17-8+. The highest BCUT2D eigenvalue weighted by Crippen LogP contribution is 2.33. The fourth-order valence-corrected chi connectivity index (χ4v) is 4.37. The number of hydrogen-bond acceptors (Lipinski definition) is 5. The zero-order valence-corrected chi connectivity index (χ0v) is 14.4. The lowest BCUT2D eigenvalue weighted by molar-refractivity contribution is 0.0959. The maximum absolute atomic E-state index is 12.2. The van der Waals surface area contributed by atoms with E-state index in [0.717, 1.165) is 34.3 Å². The molecule has 1 aliphatic carbocycles. The number of hydrogen-bond donors (Lipinski definition) is 1. The van der Waals surface area contributed by atoms with Crippen molar-refractivity contribution in [2.75, 3.05) is 0 Å². The number of fused-ring (bicyclic) bond motifs is 1. The lowest BCUT2D eigenvalue weighted by Crippen LogP contribution is -2.16. The monoisotopic (exact) mass is 333 g/mol. The van der Waals surface area contributed by atoms with E-state index in [1.54, 1.807) is 28.9 Å². The van der Waals surface area contributed by atoms with E-state index in [0.29, 0.717) is 0 Å². The maximum Gasteiger partial charge on any atom is 0.281 e. The number of thiazole rings is 1. The molecule has 6 heteroatoms. The van der Waals surface area contributed by atoms with E-state index >= 15 is 0 Å². The van der Waals surface area contributed by atoms with Crippen molar-refractivity contribution in [3.8, 4) is 0 Å². The topological polar surface area (TPSA) is 54.4 Å². The number of carbonyl (C=O) groups is 1. The van der Waals surface area contributed by atoms with Gasteiger partial charge in [-0.2, -0.15) is 5.10 Å². The normalized spacial score (nSPS) is 17.6. The van der Waals surface area contributed by atoms with Gasteiger partial charge in [-0.05, 0) is 43.7 Å². The SMILES string of the molecule is CCC1CCc2sc(C(=O)N/N=C/c3csc(C)n3)cc2C1. The number of carbonyl (C=O) groups excluding carboxylic acids is 1. The Morgan fingerprint density at radius 3 is 3.18 bits per heavy atom. The maximum atomic E-state index is 12.2. The van der Waals surface area contributed by atoms with Crippen LogP contribution in [0.1, 0.15) is 50.6 Å². The number of aryl methyl sites for hydroxylation is 2. The number of amides is 1. The first-order chi connectivity index (χ1) is 10.7. The van der Waals surface area contributed by atoms with Gasteiger partial charge in [-0.15, -0.1) is 22.7 Å². The third kappa shape index (κ3) is 3.44. The lowest BCUT2D eigenvalue weighted by Gasteiger charge is -2.19. The van der Waals surface area contributed by atoms with Crippen molar-refractivity contribution < 1.29 is 4.79 Å². The fourth-order valence-electron chi connectivity index (χ4n) is 2.71. The summed E-state index contributed by atoms with van der Waals surface area (Å²) >= 11 is 3.17. The molecule has 0 bridgehead atoms. The molecule has 1 N–H and O–H groups in total. The van der Waals surface area contributed by atoms with Gasteiger partial charge in [-0.1, -0.05) is 13.3 Å². The Morgan fingerprint density at radius 1 is 1.59 bits per heavy atom. The second-order valence-electron chi connectivity index (χ2n) is 5.57. The van der Waals surface area contributed by atoms with Crippen molar-refractivity contribution in [3.05, 3.63) is 37.5 Å². The second-order valence-corrected chi connectivity index (χ2v) is 7.77. The Morgan fingerprint density at radius 2 is 2.45 bits per heavy atom. The smallest absolute Gasteiger partial charge is 0.266 e. The zero-order valence-electron chi connectivity index (χ0n) is 12.8. The van der Waals surface area contributed by atoms with Crippen molar-refractivity contribution in [1.29, 1.82) is 0 Å². The van der Waals surface area contributed by atoms with Crippen LogP contribution in [0.3, 0.4) is 0 Å². The molecule has 3 rings (SSSR count). The third-order valence-electron chi connectivity index (χ3n) is 3.99. The molecular weight excluding hydrogens is 314 g/mol. The minimum absolute atomic E-state index is 0.129. The van der Waals surface area contributed by atoms with Crippen LogP contribution in [0.5, 0.6) is 0 Å². The molecule has 2 heterocycles. The number of thiophene rings is 1. The average Bonchev–Trinajstić information content (AvgIpc) is 3.12. The van der Waals surface area contributed by atoms with Gasteiger partial charge in [0.25, 0.3) is 5.91 Å². The van der Waals surface area contributed by atoms with Crippen LogP contribution in [-0.4, -0.2) is 17.1 Å². The van der Waals surface area contributed by atoms with Crippen LogP contribution in [0.4, 0.5) is 0 Å². The summed E-state index contributed by atoms with van der Waals surface area (Å²) in [7, 11) is 0. The van der Waals surface area contributed by atoms with Crippen molar-refractivity contribution in [1.82, 2.24) is 10.4 Å². The van der Waals surface area contributed by atoms with E-state index in [4.69, 9.17) is 0 Å². The van der Waals surface area contributed by atoms with Crippen LogP contribution < -0.4 is 5.43 Å². The summed E-state index contributed by atoms with van der Waals surface area (Å²) in [5.74, 6) is 0.639. The number of hydrazone groups is 1. The molecule has 0 saturated heterocycles. The van der Waals surface area contributed by atoms with Crippen LogP contribution in [0.2, 0.25) is 0 Å². The molecular formula is C16H19N3OS2. The molecule has 0 fully saturated rings. The van der Waals surface area contributed by atoms with Crippen LogP contribution >= 0.6 is 22.7 Å². The molecule has 0 aliphatic heterocycles. The lowest BCUT2D eigenvalue weighted by atomic mass is 9.87. The first-order valence-corrected chi connectivity index (χ1v) is 9.22. The molecule has 1 aliphatic rings. The molecule has 0 aromatic carbocycles. The van der Waals surface area contributed by atoms with Gasteiger partial charge in [-0.3, -0.25) is 4.79 Å². The summed E-state index contributed by atoms with van der Waals surface area (Å²) < 4.78 is 0. The van der Waals surface area contributed by atoms with E-state index < -0.39 is 0 Å². The van der Waals surface area contributed by atoms with Gasteiger partial charge in [-0.25, -0.2) is 10.4 Å². The van der Waals surface area contributed by atoms with Crippen LogP contribution in [0.15, 0.2) is 16.5 Å². The van der Waals surface area contributed by atoms with Gasteiger partial charge >= 0.3 is 0 Å². The third-order valence-corrected chi connectivity index (χ3v) is 6.01. The molecule has 0 radical (unpaired) electrons. The predicted molar refractivity (Wildman–Crippen MR) is 92.0 cm³/mol. The highest BCUT2D eigenvalue weighted by Gasteiger charge is 2.21. The predicted octanol–water partition coefficient (Wildman–Crippen LogP) is 3.79. The molecule has 0 saturated carbocycles. The Balaban J connectivity index is 1.63. The highest BCUT2D eigenvalue weighted by molar-refractivity contribution is 7.14. The molecule has 1 unspecified atom stereocenters. The van der Waals surface area contributed by atoms with E-state index in [1.807, 2.05) is 18.4 Å². The van der Waals surface area contributed by atoms with Crippen LogP contribution in [0, 0.1) is 12.8 Å². The van der Waals surface area contributed by atoms with E-state index in [-0.39, 0.29) is 5.91 Å². The van der Waals surface area contributed by atoms with Crippen molar-refractivity contribution in [2.45, 2.75) is 39.5 Å². The molecule has 2 aromatic rings. The van der Waals surface area contributed by atoms with Crippen molar-refractivity contribution in [3.63, 3.8) is 0 Å². The minimum atomic E-state index is -0.129. The van der Waals surface area contributed by atoms with Gasteiger partial charge < -0.3 is 0 Å². The molecule has 116 valence electrons. The highest BCUT2D eigenvalue weighted by atomic mass is 32.1. The molecule has 22 heavy (non-hydrogen) atoms. The Hall–Kier alpha value is -1.53.